The molecule has 1 fully saturated rings. The number of anilines is 1. The molecule has 1 saturated carbocycles. The van der Waals surface area contributed by atoms with Crippen LogP contribution < -0.4 is 9.62 Å². The molecule has 2 amide bonds. The second-order valence-electron chi connectivity index (χ2n) is 11.4. The molecule has 7 nitrogen and oxygen atoms in total. The van der Waals surface area contributed by atoms with Crippen LogP contribution in [0.1, 0.15) is 36.8 Å². The topological polar surface area (TPSA) is 86.8 Å². The molecule has 1 N–H and O–H groups in total. The van der Waals surface area contributed by atoms with Gasteiger partial charge in [0.1, 0.15) is 18.4 Å². The summed E-state index contributed by atoms with van der Waals surface area (Å²) in [4.78, 5) is 29.9. The molecule has 47 heavy (non-hydrogen) atoms. The normalized spacial score (nSPS) is 14.0. The average molecular weight is 717 g/mol. The van der Waals surface area contributed by atoms with Gasteiger partial charge in [-0.05, 0) is 66.4 Å². The van der Waals surface area contributed by atoms with Crippen molar-refractivity contribution < 1.29 is 22.4 Å². The maximum atomic E-state index is 14.6. The van der Waals surface area contributed by atoms with Gasteiger partial charge in [0, 0.05) is 19.0 Å². The van der Waals surface area contributed by atoms with Gasteiger partial charge in [0.25, 0.3) is 10.0 Å². The summed E-state index contributed by atoms with van der Waals surface area (Å²) in [7, 11) is -4.36. The van der Waals surface area contributed by atoms with Gasteiger partial charge in [0.2, 0.25) is 11.8 Å². The van der Waals surface area contributed by atoms with Crippen molar-refractivity contribution in [1.82, 2.24) is 10.2 Å². The molecular weight excluding hydrogens is 684 g/mol. The molecule has 5 rings (SSSR count). The molecule has 4 aromatic rings. The maximum absolute atomic E-state index is 14.6. The van der Waals surface area contributed by atoms with Crippen molar-refractivity contribution in [3.8, 4) is 0 Å². The third-order valence-corrected chi connectivity index (χ3v) is 10.9. The van der Waals surface area contributed by atoms with Gasteiger partial charge in [0.05, 0.1) is 25.7 Å². The van der Waals surface area contributed by atoms with Gasteiger partial charge < -0.3 is 10.2 Å². The average Bonchev–Trinajstić information content (AvgIpc) is 3.58. The van der Waals surface area contributed by atoms with Gasteiger partial charge in [0.15, 0.2) is 0 Å². The van der Waals surface area contributed by atoms with Crippen molar-refractivity contribution in [2.75, 3.05) is 10.8 Å². The second kappa shape index (κ2) is 15.5. The monoisotopic (exact) mass is 715 g/mol. The van der Waals surface area contributed by atoms with E-state index >= 15 is 0 Å². The predicted molar refractivity (Wildman–Crippen MR) is 184 cm³/mol. The molecule has 0 aromatic heterocycles. The number of carbonyl (C=O) groups is 2. The van der Waals surface area contributed by atoms with Gasteiger partial charge in [-0.1, -0.05) is 102 Å². The first-order chi connectivity index (χ1) is 22.5. The molecule has 0 spiro atoms. The van der Waals surface area contributed by atoms with Crippen molar-refractivity contribution in [3.63, 3.8) is 0 Å². The molecule has 1 aliphatic carbocycles. The van der Waals surface area contributed by atoms with E-state index in [9.17, 15) is 22.4 Å². The Labute approximate surface area is 289 Å². The summed E-state index contributed by atoms with van der Waals surface area (Å²) in [6, 6.07) is 24.2. The number of nitrogens with one attached hydrogen (secondary N) is 1. The lowest BCUT2D eigenvalue weighted by Gasteiger charge is -2.34. The lowest BCUT2D eigenvalue weighted by atomic mass is 10.0. The van der Waals surface area contributed by atoms with Crippen LogP contribution in [0.5, 0.6) is 0 Å². The van der Waals surface area contributed by atoms with Crippen LogP contribution in [0.2, 0.25) is 15.1 Å². The Morgan fingerprint density at radius 2 is 1.47 bits per heavy atom. The quantitative estimate of drug-likeness (QED) is 0.163. The minimum atomic E-state index is -4.36. The maximum Gasteiger partial charge on any atom is 0.264 e. The van der Waals surface area contributed by atoms with Crippen LogP contribution >= 0.6 is 34.8 Å². The van der Waals surface area contributed by atoms with Crippen molar-refractivity contribution in [2.24, 2.45) is 0 Å². The van der Waals surface area contributed by atoms with E-state index in [4.69, 9.17) is 34.8 Å². The zero-order valence-electron chi connectivity index (χ0n) is 25.3. The first-order valence-corrected chi connectivity index (χ1v) is 17.7. The molecular formula is C35H33Cl3FN3O4S. The van der Waals surface area contributed by atoms with E-state index in [0.29, 0.717) is 10.6 Å². The summed E-state index contributed by atoms with van der Waals surface area (Å²) in [5.74, 6) is -1.76. The van der Waals surface area contributed by atoms with E-state index in [2.05, 4.69) is 5.32 Å². The van der Waals surface area contributed by atoms with E-state index in [0.717, 1.165) is 47.7 Å². The van der Waals surface area contributed by atoms with Gasteiger partial charge in [-0.25, -0.2) is 12.8 Å². The van der Waals surface area contributed by atoms with E-state index in [1.807, 2.05) is 30.3 Å². The van der Waals surface area contributed by atoms with Gasteiger partial charge in [-0.15, -0.1) is 0 Å². The Morgan fingerprint density at radius 3 is 2.11 bits per heavy atom. The van der Waals surface area contributed by atoms with Gasteiger partial charge >= 0.3 is 0 Å². The summed E-state index contributed by atoms with van der Waals surface area (Å²) in [5.41, 5.74) is 1.38. The Bertz CT molecular complexity index is 1820. The first-order valence-electron chi connectivity index (χ1n) is 15.1. The zero-order valence-corrected chi connectivity index (χ0v) is 28.4. The highest BCUT2D eigenvalue weighted by Gasteiger charge is 2.35. The van der Waals surface area contributed by atoms with E-state index in [1.54, 1.807) is 36.4 Å². The Kier molecular flexibility index (Phi) is 11.5. The van der Waals surface area contributed by atoms with Crippen molar-refractivity contribution >= 4 is 62.3 Å². The van der Waals surface area contributed by atoms with E-state index in [1.165, 1.54) is 23.1 Å². The Morgan fingerprint density at radius 1 is 0.809 bits per heavy atom. The van der Waals surface area contributed by atoms with Gasteiger partial charge in [-0.3, -0.25) is 13.9 Å². The van der Waals surface area contributed by atoms with Crippen LogP contribution in [0.15, 0.2) is 102 Å². The standard InChI is InChI=1S/C35H33Cl3FN3O4S/c36-29-17-15-25(19-30(29)37)22-41(33(20-24-9-3-1-4-10-24)35(44)40-26-11-7-8-12-26)34(43)23-42(27-16-18-32(39)31(38)21-27)47(45,46)28-13-5-2-6-14-28/h1-6,9-10,13-19,21,26,33H,7-8,11-12,20,22-23H2,(H,40,44). The summed E-state index contributed by atoms with van der Waals surface area (Å²) in [6.45, 7) is -0.781. The van der Waals surface area contributed by atoms with Crippen molar-refractivity contribution in [1.29, 1.82) is 0 Å². The smallest absolute Gasteiger partial charge is 0.264 e. The molecule has 0 saturated heterocycles. The highest BCUT2D eigenvalue weighted by molar-refractivity contribution is 7.92. The fourth-order valence-electron chi connectivity index (χ4n) is 5.64. The van der Waals surface area contributed by atoms with Crippen molar-refractivity contribution in [2.45, 2.75) is 55.6 Å². The molecule has 0 aliphatic heterocycles. The number of sulfonamides is 1. The molecule has 1 atom stereocenters. The molecule has 4 aromatic carbocycles. The highest BCUT2D eigenvalue weighted by atomic mass is 35.5. The Hall–Kier alpha value is -3.63. The number of nitrogens with zero attached hydrogens (tertiary/aromatic N) is 2. The van der Waals surface area contributed by atoms with Crippen LogP contribution in [-0.4, -0.2) is 43.8 Å². The lowest BCUT2D eigenvalue weighted by molar-refractivity contribution is -0.140. The van der Waals surface area contributed by atoms with Crippen LogP contribution in [-0.2, 0) is 32.6 Å². The number of amides is 2. The summed E-state index contributed by atoms with van der Waals surface area (Å²) in [5, 5.41) is 3.40. The number of carbonyl (C=O) groups excluding carboxylic acids is 2. The SMILES string of the molecule is O=C(NC1CCCC1)C(Cc1ccccc1)N(Cc1ccc(Cl)c(Cl)c1)C(=O)CN(c1ccc(F)c(Cl)c1)S(=O)(=O)c1ccccc1. The fraction of sp³-hybridized carbons (Fsp3) is 0.257. The summed E-state index contributed by atoms with van der Waals surface area (Å²) < 4.78 is 43.2. The highest BCUT2D eigenvalue weighted by Crippen LogP contribution is 2.29. The number of hydrogen-bond acceptors (Lipinski definition) is 4. The minimum Gasteiger partial charge on any atom is -0.352 e. The molecule has 246 valence electrons. The Balaban J connectivity index is 1.58. The molecule has 0 heterocycles. The largest absolute Gasteiger partial charge is 0.352 e. The van der Waals surface area contributed by atoms with Crippen LogP contribution in [0, 0.1) is 5.82 Å². The predicted octanol–water partition coefficient (Wildman–Crippen LogP) is 7.68. The van der Waals surface area contributed by atoms with E-state index in [-0.39, 0.29) is 45.5 Å². The number of benzene rings is 4. The van der Waals surface area contributed by atoms with Gasteiger partial charge in [-0.2, -0.15) is 0 Å². The van der Waals surface area contributed by atoms with Crippen LogP contribution in [0.25, 0.3) is 0 Å². The molecule has 12 heteroatoms. The molecule has 1 aliphatic rings. The molecule has 0 radical (unpaired) electrons. The van der Waals surface area contributed by atoms with E-state index < -0.39 is 34.3 Å². The summed E-state index contributed by atoms with van der Waals surface area (Å²) in [6.07, 6.45) is 3.82. The third kappa shape index (κ3) is 8.65. The second-order valence-corrected chi connectivity index (χ2v) is 14.5. The zero-order chi connectivity index (χ0) is 33.6. The summed E-state index contributed by atoms with van der Waals surface area (Å²) >= 11 is 18.6. The minimum absolute atomic E-state index is 0.0156. The fourth-order valence-corrected chi connectivity index (χ4v) is 7.57. The van der Waals surface area contributed by atoms with Crippen LogP contribution in [0.4, 0.5) is 10.1 Å². The number of hydrogen-bond donors (Lipinski definition) is 1. The lowest BCUT2D eigenvalue weighted by Crippen LogP contribution is -2.54. The molecule has 1 unspecified atom stereocenters. The number of halogens is 4. The third-order valence-electron chi connectivity index (χ3n) is 8.11. The molecule has 0 bridgehead atoms. The van der Waals surface area contributed by atoms with Crippen LogP contribution in [0.3, 0.4) is 0 Å². The first kappa shape index (κ1) is 34.7. The number of rotatable bonds is 12. The van der Waals surface area contributed by atoms with Crippen molar-refractivity contribution in [3.05, 3.63) is 129 Å².